The first kappa shape index (κ1) is 18.9. The van der Waals surface area contributed by atoms with Gasteiger partial charge in [0, 0.05) is 25.2 Å². The molecule has 25 heavy (non-hydrogen) atoms. The van der Waals surface area contributed by atoms with Crippen molar-refractivity contribution in [3.05, 3.63) is 0 Å². The van der Waals surface area contributed by atoms with Gasteiger partial charge in [0.25, 0.3) is 0 Å². The summed E-state index contributed by atoms with van der Waals surface area (Å²) < 4.78 is 0. The van der Waals surface area contributed by atoms with E-state index in [-0.39, 0.29) is 18.5 Å². The standard InChI is InChI=1S/C18H36N6O/c1-12-10-16(20-9-8-19)23-17(21-12)24-18(25)22-15-7-6-13-4-2-3-5-14(13)11-15/h12-17,20-21,23H,2-11,19H2,1H3,(H2,22,24,25). The predicted molar refractivity (Wildman–Crippen MR) is 99.7 cm³/mol. The summed E-state index contributed by atoms with van der Waals surface area (Å²) in [6.45, 7) is 3.52. The van der Waals surface area contributed by atoms with Gasteiger partial charge in [-0.25, -0.2) is 4.79 Å². The van der Waals surface area contributed by atoms with Crippen LogP contribution in [0.15, 0.2) is 0 Å². The summed E-state index contributed by atoms with van der Waals surface area (Å²) in [5, 5.41) is 16.4. The summed E-state index contributed by atoms with van der Waals surface area (Å²) in [7, 11) is 0. The van der Waals surface area contributed by atoms with Crippen LogP contribution in [0.2, 0.25) is 0 Å². The van der Waals surface area contributed by atoms with E-state index in [1.165, 1.54) is 32.1 Å². The van der Waals surface area contributed by atoms with Crippen molar-refractivity contribution in [3.63, 3.8) is 0 Å². The monoisotopic (exact) mass is 352 g/mol. The summed E-state index contributed by atoms with van der Waals surface area (Å²) in [6, 6.07) is 0.585. The lowest BCUT2D eigenvalue weighted by Crippen LogP contribution is -2.68. The molecule has 0 radical (unpaired) electrons. The van der Waals surface area contributed by atoms with Crippen LogP contribution < -0.4 is 32.3 Å². The SMILES string of the molecule is CC1CC(NCCN)NC(NC(=O)NC2CCC3CCCCC3C2)N1. The Morgan fingerprint density at radius 3 is 2.64 bits per heavy atom. The molecule has 3 fully saturated rings. The molecule has 7 nitrogen and oxygen atoms in total. The van der Waals surface area contributed by atoms with Crippen molar-refractivity contribution in [3.8, 4) is 0 Å². The van der Waals surface area contributed by atoms with Gasteiger partial charge in [0.2, 0.25) is 0 Å². The second-order valence-electron chi connectivity index (χ2n) is 8.13. The zero-order valence-electron chi connectivity index (χ0n) is 15.5. The molecule has 0 bridgehead atoms. The van der Waals surface area contributed by atoms with Crippen molar-refractivity contribution in [1.29, 1.82) is 0 Å². The lowest BCUT2D eigenvalue weighted by molar-refractivity contribution is 0.141. The van der Waals surface area contributed by atoms with Crippen LogP contribution in [0, 0.1) is 11.8 Å². The summed E-state index contributed by atoms with van der Waals surface area (Å²) in [5.74, 6) is 1.73. The molecule has 7 N–H and O–H groups in total. The van der Waals surface area contributed by atoms with Crippen molar-refractivity contribution >= 4 is 6.03 Å². The molecule has 3 aliphatic rings. The Morgan fingerprint density at radius 2 is 1.84 bits per heavy atom. The van der Waals surface area contributed by atoms with Gasteiger partial charge in [-0.05, 0) is 44.4 Å². The quantitative estimate of drug-likeness (QED) is 0.439. The Bertz CT molecular complexity index is 434. The lowest BCUT2D eigenvalue weighted by Gasteiger charge is -2.40. The first-order chi connectivity index (χ1) is 12.1. The highest BCUT2D eigenvalue weighted by Crippen LogP contribution is 2.40. The molecule has 3 rings (SSSR count). The summed E-state index contributed by atoms with van der Waals surface area (Å²) in [6.07, 6.45) is 9.98. The number of rotatable bonds is 5. The number of fused-ring (bicyclic) bond motifs is 1. The molecule has 2 amide bonds. The Hall–Kier alpha value is -0.890. The molecule has 144 valence electrons. The molecular weight excluding hydrogens is 316 g/mol. The Kier molecular flexibility index (Phi) is 6.92. The van der Waals surface area contributed by atoms with Crippen LogP contribution in [0.1, 0.15) is 58.3 Å². The van der Waals surface area contributed by atoms with Crippen molar-refractivity contribution in [2.75, 3.05) is 13.1 Å². The molecule has 6 unspecified atom stereocenters. The van der Waals surface area contributed by atoms with Crippen LogP contribution in [-0.2, 0) is 0 Å². The van der Waals surface area contributed by atoms with Gasteiger partial charge in [0.1, 0.15) is 6.29 Å². The molecule has 6 atom stereocenters. The lowest BCUT2D eigenvalue weighted by atomic mass is 9.69. The molecule has 0 spiro atoms. The van der Waals surface area contributed by atoms with E-state index in [4.69, 9.17) is 5.73 Å². The highest BCUT2D eigenvalue weighted by Gasteiger charge is 2.33. The highest BCUT2D eigenvalue weighted by molar-refractivity contribution is 5.74. The molecule has 1 heterocycles. The van der Waals surface area contributed by atoms with Crippen LogP contribution in [0.25, 0.3) is 0 Å². The number of hydrogen-bond acceptors (Lipinski definition) is 5. The van der Waals surface area contributed by atoms with E-state index in [0.717, 1.165) is 37.6 Å². The van der Waals surface area contributed by atoms with Crippen molar-refractivity contribution in [1.82, 2.24) is 26.6 Å². The van der Waals surface area contributed by atoms with Crippen LogP contribution in [0.4, 0.5) is 4.79 Å². The number of nitrogens with one attached hydrogen (secondary N) is 5. The van der Waals surface area contributed by atoms with Gasteiger partial charge in [-0.1, -0.05) is 25.7 Å². The van der Waals surface area contributed by atoms with E-state index in [1.54, 1.807) is 0 Å². The van der Waals surface area contributed by atoms with Crippen LogP contribution in [0.3, 0.4) is 0 Å². The first-order valence-corrected chi connectivity index (χ1v) is 10.2. The van der Waals surface area contributed by atoms with Crippen molar-refractivity contribution < 1.29 is 4.79 Å². The third-order valence-corrected chi connectivity index (χ3v) is 6.09. The van der Waals surface area contributed by atoms with Crippen LogP contribution >= 0.6 is 0 Å². The van der Waals surface area contributed by atoms with E-state index >= 15 is 0 Å². The normalized spacial score (nSPS) is 38.6. The van der Waals surface area contributed by atoms with Gasteiger partial charge in [0.15, 0.2) is 0 Å². The fraction of sp³-hybridized carbons (Fsp3) is 0.944. The second-order valence-corrected chi connectivity index (χ2v) is 8.13. The molecule has 2 aliphatic carbocycles. The van der Waals surface area contributed by atoms with Gasteiger partial charge in [-0.15, -0.1) is 0 Å². The van der Waals surface area contributed by atoms with Crippen molar-refractivity contribution in [2.24, 2.45) is 17.6 Å². The minimum absolute atomic E-state index is 0.0732. The molecule has 0 aromatic rings. The summed E-state index contributed by atoms with van der Waals surface area (Å²) in [5.41, 5.74) is 5.56. The molecule has 1 saturated heterocycles. The van der Waals surface area contributed by atoms with Gasteiger partial charge >= 0.3 is 6.03 Å². The Labute approximate surface area is 151 Å². The Balaban J connectivity index is 1.42. The van der Waals surface area contributed by atoms with Gasteiger partial charge in [0.05, 0.1) is 6.17 Å². The highest BCUT2D eigenvalue weighted by atomic mass is 16.2. The van der Waals surface area contributed by atoms with E-state index < -0.39 is 0 Å². The van der Waals surface area contributed by atoms with Gasteiger partial charge in [-0.3, -0.25) is 10.6 Å². The Morgan fingerprint density at radius 1 is 1.04 bits per heavy atom. The number of carbonyl (C=O) groups excluding carboxylic acids is 1. The third-order valence-electron chi connectivity index (χ3n) is 6.09. The van der Waals surface area contributed by atoms with E-state index in [2.05, 4.69) is 33.5 Å². The van der Waals surface area contributed by atoms with Gasteiger partial charge in [-0.2, -0.15) is 0 Å². The molecule has 0 aromatic heterocycles. The predicted octanol–water partition coefficient (Wildman–Crippen LogP) is 0.774. The van der Waals surface area contributed by atoms with Crippen LogP contribution in [-0.4, -0.2) is 43.7 Å². The third kappa shape index (κ3) is 5.54. The molecule has 7 heteroatoms. The number of hydrogen-bond donors (Lipinski definition) is 6. The fourth-order valence-corrected chi connectivity index (χ4v) is 4.87. The minimum Gasteiger partial charge on any atom is -0.335 e. The summed E-state index contributed by atoms with van der Waals surface area (Å²) >= 11 is 0. The molecule has 2 saturated carbocycles. The van der Waals surface area contributed by atoms with E-state index in [9.17, 15) is 4.79 Å². The maximum Gasteiger partial charge on any atom is 0.317 e. The smallest absolute Gasteiger partial charge is 0.317 e. The number of carbonyl (C=O) groups is 1. The summed E-state index contributed by atoms with van der Waals surface area (Å²) in [4.78, 5) is 12.4. The zero-order valence-corrected chi connectivity index (χ0v) is 15.5. The number of nitrogens with two attached hydrogens (primary N) is 1. The van der Waals surface area contributed by atoms with Gasteiger partial charge < -0.3 is 21.7 Å². The number of urea groups is 1. The second kappa shape index (κ2) is 9.16. The first-order valence-electron chi connectivity index (χ1n) is 10.2. The maximum atomic E-state index is 12.4. The molecule has 1 aliphatic heterocycles. The largest absolute Gasteiger partial charge is 0.335 e. The van der Waals surface area contributed by atoms with E-state index in [0.29, 0.717) is 18.6 Å². The van der Waals surface area contributed by atoms with Crippen LogP contribution in [0.5, 0.6) is 0 Å². The number of amides is 2. The average molecular weight is 353 g/mol. The fourth-order valence-electron chi connectivity index (χ4n) is 4.87. The maximum absolute atomic E-state index is 12.4. The minimum atomic E-state index is -0.218. The topological polar surface area (TPSA) is 103 Å². The molecule has 0 aromatic carbocycles. The van der Waals surface area contributed by atoms with Crippen molar-refractivity contribution in [2.45, 2.75) is 82.8 Å². The molecular formula is C18H36N6O. The zero-order chi connectivity index (χ0) is 17.6. The average Bonchev–Trinajstić information content (AvgIpc) is 2.59. The van der Waals surface area contributed by atoms with E-state index in [1.807, 2.05) is 0 Å².